The minimum atomic E-state index is -2.75. The van der Waals surface area contributed by atoms with Crippen LogP contribution in [0, 0.1) is 5.92 Å². The summed E-state index contributed by atoms with van der Waals surface area (Å²) in [5, 5.41) is 2.40. The zero-order chi connectivity index (χ0) is 9.35. The molecule has 0 unspecified atom stereocenters. The van der Waals surface area contributed by atoms with Crippen molar-refractivity contribution in [3.05, 3.63) is 0 Å². The Kier molecular flexibility index (Phi) is 2.61. The molecule has 1 rings (SSSR count). The number of rotatable bonds is 3. The lowest BCUT2D eigenvalue weighted by molar-refractivity contribution is -0.124. The number of halogens is 2. The van der Waals surface area contributed by atoms with Crippen molar-refractivity contribution in [2.24, 2.45) is 5.92 Å². The summed E-state index contributed by atoms with van der Waals surface area (Å²) in [6.07, 6.45) is 1.52. The van der Waals surface area contributed by atoms with Gasteiger partial charge in [-0.2, -0.15) is 0 Å². The van der Waals surface area contributed by atoms with Gasteiger partial charge < -0.3 is 5.32 Å². The minimum absolute atomic E-state index is 0.0890. The quantitative estimate of drug-likeness (QED) is 0.691. The molecule has 0 saturated heterocycles. The van der Waals surface area contributed by atoms with Crippen LogP contribution in [0.5, 0.6) is 0 Å². The highest BCUT2D eigenvalue weighted by Gasteiger charge is 2.61. The van der Waals surface area contributed by atoms with Crippen molar-refractivity contribution < 1.29 is 13.6 Å². The first-order valence-electron chi connectivity index (χ1n) is 3.68. The Morgan fingerprint density at radius 2 is 2.25 bits per heavy atom. The maximum absolute atomic E-state index is 12.3. The van der Waals surface area contributed by atoms with E-state index in [4.69, 9.17) is 0 Å². The molecule has 1 amide bonds. The molecule has 12 heavy (non-hydrogen) atoms. The van der Waals surface area contributed by atoms with Gasteiger partial charge in [0.05, 0.1) is 5.37 Å². The summed E-state index contributed by atoms with van der Waals surface area (Å²) in [6.45, 7) is 1.77. The highest BCUT2D eigenvalue weighted by Crippen LogP contribution is 2.48. The van der Waals surface area contributed by atoms with Gasteiger partial charge in [-0.25, -0.2) is 8.78 Å². The van der Waals surface area contributed by atoms with Crippen molar-refractivity contribution in [2.45, 2.75) is 24.6 Å². The van der Waals surface area contributed by atoms with E-state index in [2.05, 4.69) is 5.32 Å². The molecule has 0 bridgehead atoms. The number of amides is 1. The van der Waals surface area contributed by atoms with Crippen LogP contribution in [0.1, 0.15) is 13.3 Å². The lowest BCUT2D eigenvalue weighted by Gasteiger charge is -2.09. The third-order valence-corrected chi connectivity index (χ3v) is 2.67. The summed E-state index contributed by atoms with van der Waals surface area (Å²) < 4.78 is 24.7. The highest BCUT2D eigenvalue weighted by molar-refractivity contribution is 7.99. The molecule has 0 aromatic rings. The van der Waals surface area contributed by atoms with Gasteiger partial charge in [-0.3, -0.25) is 4.79 Å². The highest BCUT2D eigenvalue weighted by atomic mass is 32.2. The molecular formula is C7H11F2NOS. The van der Waals surface area contributed by atoms with Gasteiger partial charge in [0.15, 0.2) is 0 Å². The SMILES string of the molecule is CS[C@@H](C)NC(=O)[C@H]1CC1(F)F. The van der Waals surface area contributed by atoms with Crippen molar-refractivity contribution >= 4 is 17.7 Å². The van der Waals surface area contributed by atoms with E-state index in [0.29, 0.717) is 0 Å². The molecule has 0 aromatic carbocycles. The first-order valence-corrected chi connectivity index (χ1v) is 4.97. The molecular weight excluding hydrogens is 184 g/mol. The zero-order valence-electron chi connectivity index (χ0n) is 6.93. The predicted octanol–water partition coefficient (Wildman–Crippen LogP) is 1.47. The minimum Gasteiger partial charge on any atom is -0.344 e. The lowest BCUT2D eigenvalue weighted by atomic mass is 10.4. The Morgan fingerprint density at radius 1 is 1.75 bits per heavy atom. The van der Waals surface area contributed by atoms with Gasteiger partial charge in [0, 0.05) is 6.42 Å². The molecule has 2 nitrogen and oxygen atoms in total. The first kappa shape index (κ1) is 9.77. The lowest BCUT2D eigenvalue weighted by Crippen LogP contribution is -2.32. The van der Waals surface area contributed by atoms with Crippen LogP contribution < -0.4 is 5.32 Å². The Balaban J connectivity index is 2.32. The van der Waals surface area contributed by atoms with Crippen molar-refractivity contribution in [1.82, 2.24) is 5.32 Å². The van der Waals surface area contributed by atoms with Crippen molar-refractivity contribution in [2.75, 3.05) is 6.26 Å². The Hall–Kier alpha value is -0.320. The second kappa shape index (κ2) is 3.20. The monoisotopic (exact) mass is 195 g/mol. The smallest absolute Gasteiger partial charge is 0.260 e. The number of alkyl halides is 2. The average Bonchev–Trinajstić information content (AvgIpc) is 2.59. The first-order chi connectivity index (χ1) is 5.47. The molecule has 2 atom stereocenters. The summed E-state index contributed by atoms with van der Waals surface area (Å²) in [4.78, 5) is 11.0. The number of hydrogen-bond acceptors (Lipinski definition) is 2. The van der Waals surface area contributed by atoms with E-state index in [1.165, 1.54) is 11.8 Å². The zero-order valence-corrected chi connectivity index (χ0v) is 7.75. The van der Waals surface area contributed by atoms with Crippen molar-refractivity contribution in [1.29, 1.82) is 0 Å². The molecule has 1 N–H and O–H groups in total. The molecule has 0 radical (unpaired) electrons. The van der Waals surface area contributed by atoms with Crippen LogP contribution in [0.15, 0.2) is 0 Å². The average molecular weight is 195 g/mol. The van der Waals surface area contributed by atoms with Gasteiger partial charge >= 0.3 is 0 Å². The fourth-order valence-corrected chi connectivity index (χ4v) is 1.09. The molecule has 0 heterocycles. The molecule has 70 valence electrons. The molecule has 1 aliphatic rings. The summed E-state index contributed by atoms with van der Waals surface area (Å²) in [6, 6.07) is 0. The van der Waals surface area contributed by atoms with Crippen molar-refractivity contribution in [3.63, 3.8) is 0 Å². The molecule has 0 spiro atoms. The fraction of sp³-hybridized carbons (Fsp3) is 0.857. The van der Waals surface area contributed by atoms with Crippen LogP contribution >= 0.6 is 11.8 Å². The van der Waals surface area contributed by atoms with Gasteiger partial charge in [-0.05, 0) is 13.2 Å². The predicted molar refractivity (Wildman–Crippen MR) is 44.2 cm³/mol. The van der Waals surface area contributed by atoms with Gasteiger partial charge in [0.2, 0.25) is 5.91 Å². The third-order valence-electron chi connectivity index (χ3n) is 1.84. The summed E-state index contributed by atoms with van der Waals surface area (Å²) >= 11 is 1.42. The Bertz CT molecular complexity index is 198. The normalized spacial score (nSPS) is 27.8. The van der Waals surface area contributed by atoms with E-state index < -0.39 is 17.7 Å². The van der Waals surface area contributed by atoms with Crippen molar-refractivity contribution in [3.8, 4) is 0 Å². The van der Waals surface area contributed by atoms with Crippen LogP contribution in [-0.4, -0.2) is 23.5 Å². The summed E-state index contributed by atoms with van der Waals surface area (Å²) in [7, 11) is 0. The molecule has 5 heteroatoms. The van der Waals surface area contributed by atoms with Gasteiger partial charge in [-0.15, -0.1) is 11.8 Å². The molecule has 1 aliphatic carbocycles. The Morgan fingerprint density at radius 3 is 2.58 bits per heavy atom. The topological polar surface area (TPSA) is 29.1 Å². The van der Waals surface area contributed by atoms with Gasteiger partial charge in [0.1, 0.15) is 5.92 Å². The second-order valence-electron chi connectivity index (χ2n) is 2.90. The van der Waals surface area contributed by atoms with E-state index in [-0.39, 0.29) is 11.8 Å². The number of carbonyl (C=O) groups excluding carboxylic acids is 1. The van der Waals surface area contributed by atoms with Crippen LogP contribution in [-0.2, 0) is 4.79 Å². The van der Waals surface area contributed by atoms with E-state index in [1.54, 1.807) is 6.92 Å². The number of thioether (sulfide) groups is 1. The van der Waals surface area contributed by atoms with Crippen LogP contribution in [0.25, 0.3) is 0 Å². The van der Waals surface area contributed by atoms with E-state index in [9.17, 15) is 13.6 Å². The van der Waals surface area contributed by atoms with Gasteiger partial charge in [0.25, 0.3) is 5.92 Å². The largest absolute Gasteiger partial charge is 0.344 e. The third kappa shape index (κ3) is 2.09. The number of hydrogen-bond donors (Lipinski definition) is 1. The van der Waals surface area contributed by atoms with Crippen LogP contribution in [0.2, 0.25) is 0 Å². The van der Waals surface area contributed by atoms with E-state index >= 15 is 0 Å². The number of carbonyl (C=O) groups is 1. The molecule has 1 saturated carbocycles. The van der Waals surface area contributed by atoms with Gasteiger partial charge in [-0.1, -0.05) is 0 Å². The fourth-order valence-electron chi connectivity index (χ4n) is 0.858. The maximum atomic E-state index is 12.3. The molecule has 0 aromatic heterocycles. The molecule has 1 fully saturated rings. The van der Waals surface area contributed by atoms with E-state index in [1.807, 2.05) is 6.26 Å². The van der Waals surface area contributed by atoms with Crippen LogP contribution in [0.4, 0.5) is 8.78 Å². The molecule has 0 aliphatic heterocycles. The van der Waals surface area contributed by atoms with E-state index in [0.717, 1.165) is 0 Å². The summed E-state index contributed by atoms with van der Waals surface area (Å²) in [5.74, 6) is -4.35. The summed E-state index contributed by atoms with van der Waals surface area (Å²) in [5.41, 5.74) is 0. The number of nitrogens with one attached hydrogen (secondary N) is 1. The Labute approximate surface area is 74.1 Å². The standard InChI is InChI=1S/C7H11F2NOS/c1-4(12-2)10-6(11)5-3-7(5,8)9/h4-5H,3H2,1-2H3,(H,10,11)/t4-,5+/m0/s1. The second-order valence-corrected chi connectivity index (χ2v) is 4.08. The van der Waals surface area contributed by atoms with Crippen LogP contribution in [0.3, 0.4) is 0 Å². The maximum Gasteiger partial charge on any atom is 0.260 e.